The van der Waals surface area contributed by atoms with Gasteiger partial charge in [-0.05, 0) is 44.7 Å². The number of carbonyl (C=O) groups excluding carboxylic acids is 1. The molecule has 1 aromatic carbocycles. The third-order valence-electron chi connectivity index (χ3n) is 3.71. The summed E-state index contributed by atoms with van der Waals surface area (Å²) >= 11 is 6.13. The molecule has 1 saturated heterocycles. The number of hydrogen-bond acceptors (Lipinski definition) is 2. The van der Waals surface area contributed by atoms with E-state index < -0.39 is 6.10 Å². The van der Waals surface area contributed by atoms with Gasteiger partial charge in [0.15, 0.2) is 0 Å². The lowest BCUT2D eigenvalue weighted by atomic mass is 10.1. The van der Waals surface area contributed by atoms with E-state index in [-0.39, 0.29) is 12.1 Å². The summed E-state index contributed by atoms with van der Waals surface area (Å²) in [5.74, 6) is 0. The SMILES string of the molecule is Cc1cccc(Cl)c1NC(=O)N1CCC[C@H]1C[C@H](C)O. The molecule has 1 aliphatic heterocycles. The second-order valence-electron chi connectivity index (χ2n) is 5.44. The van der Waals surface area contributed by atoms with Crippen LogP contribution in [0.1, 0.15) is 31.7 Å². The van der Waals surface area contributed by atoms with Gasteiger partial charge in [0, 0.05) is 12.6 Å². The first-order valence-corrected chi connectivity index (χ1v) is 7.37. The Labute approximate surface area is 124 Å². The van der Waals surface area contributed by atoms with Gasteiger partial charge >= 0.3 is 6.03 Å². The number of rotatable bonds is 3. The molecule has 1 heterocycles. The summed E-state index contributed by atoms with van der Waals surface area (Å²) in [5.41, 5.74) is 1.61. The number of likely N-dealkylation sites (tertiary alicyclic amines) is 1. The average molecular weight is 297 g/mol. The minimum atomic E-state index is -0.393. The largest absolute Gasteiger partial charge is 0.393 e. The number of para-hydroxylation sites is 1. The van der Waals surface area contributed by atoms with Crippen LogP contribution in [0.3, 0.4) is 0 Å². The molecule has 0 aliphatic carbocycles. The maximum Gasteiger partial charge on any atom is 0.322 e. The summed E-state index contributed by atoms with van der Waals surface area (Å²) in [4.78, 5) is 14.2. The molecule has 0 bridgehead atoms. The highest BCUT2D eigenvalue weighted by Gasteiger charge is 2.29. The lowest BCUT2D eigenvalue weighted by Crippen LogP contribution is -2.40. The zero-order chi connectivity index (χ0) is 14.7. The molecule has 0 spiro atoms. The number of anilines is 1. The summed E-state index contributed by atoms with van der Waals surface area (Å²) in [7, 11) is 0. The molecule has 0 unspecified atom stereocenters. The number of nitrogens with zero attached hydrogens (tertiary/aromatic N) is 1. The third kappa shape index (κ3) is 3.44. The first-order chi connectivity index (χ1) is 9.49. The van der Waals surface area contributed by atoms with Crippen molar-refractivity contribution in [1.82, 2.24) is 4.90 Å². The molecule has 1 fully saturated rings. The van der Waals surface area contributed by atoms with Crippen LogP contribution in [0.2, 0.25) is 5.02 Å². The second-order valence-corrected chi connectivity index (χ2v) is 5.84. The van der Waals surface area contributed by atoms with Gasteiger partial charge in [0.1, 0.15) is 0 Å². The Morgan fingerprint density at radius 1 is 1.60 bits per heavy atom. The van der Waals surface area contributed by atoms with Crippen molar-refractivity contribution >= 4 is 23.3 Å². The van der Waals surface area contributed by atoms with Gasteiger partial charge in [-0.15, -0.1) is 0 Å². The zero-order valence-electron chi connectivity index (χ0n) is 11.9. The number of nitrogens with one attached hydrogen (secondary N) is 1. The summed E-state index contributed by atoms with van der Waals surface area (Å²) in [6, 6.07) is 5.52. The Kier molecular flexibility index (Phi) is 4.89. The van der Waals surface area contributed by atoms with E-state index in [0.717, 1.165) is 24.9 Å². The van der Waals surface area contributed by atoms with Gasteiger partial charge in [-0.25, -0.2) is 4.79 Å². The fourth-order valence-electron chi connectivity index (χ4n) is 2.71. The second kappa shape index (κ2) is 6.46. The van der Waals surface area contributed by atoms with Gasteiger partial charge in [-0.3, -0.25) is 0 Å². The van der Waals surface area contributed by atoms with E-state index >= 15 is 0 Å². The molecule has 2 rings (SSSR count). The highest BCUT2D eigenvalue weighted by atomic mass is 35.5. The summed E-state index contributed by atoms with van der Waals surface area (Å²) in [6.45, 7) is 4.40. The lowest BCUT2D eigenvalue weighted by molar-refractivity contribution is 0.142. The molecule has 0 saturated carbocycles. The van der Waals surface area contributed by atoms with Crippen LogP contribution in [0.25, 0.3) is 0 Å². The van der Waals surface area contributed by atoms with Crippen LogP contribution in [-0.4, -0.2) is 34.7 Å². The van der Waals surface area contributed by atoms with Crippen molar-refractivity contribution in [2.45, 2.75) is 45.3 Å². The number of carbonyl (C=O) groups is 1. The van der Waals surface area contributed by atoms with Crippen LogP contribution in [0.5, 0.6) is 0 Å². The van der Waals surface area contributed by atoms with Crippen LogP contribution in [-0.2, 0) is 0 Å². The van der Waals surface area contributed by atoms with Crippen LogP contribution >= 0.6 is 11.6 Å². The van der Waals surface area contributed by atoms with E-state index in [4.69, 9.17) is 11.6 Å². The number of aliphatic hydroxyl groups excluding tert-OH is 1. The van der Waals surface area contributed by atoms with Crippen molar-refractivity contribution in [3.05, 3.63) is 28.8 Å². The Hall–Kier alpha value is -1.26. The maximum atomic E-state index is 12.4. The van der Waals surface area contributed by atoms with E-state index in [0.29, 0.717) is 17.1 Å². The average Bonchev–Trinajstić information content (AvgIpc) is 2.81. The molecule has 2 atom stereocenters. The van der Waals surface area contributed by atoms with E-state index in [9.17, 15) is 9.90 Å². The predicted octanol–water partition coefficient (Wildman–Crippen LogP) is 3.42. The van der Waals surface area contributed by atoms with Crippen LogP contribution in [0.15, 0.2) is 18.2 Å². The van der Waals surface area contributed by atoms with Crippen LogP contribution in [0, 0.1) is 6.92 Å². The zero-order valence-corrected chi connectivity index (χ0v) is 12.7. The molecule has 0 radical (unpaired) electrons. The topological polar surface area (TPSA) is 52.6 Å². The summed E-state index contributed by atoms with van der Waals surface area (Å²) in [6.07, 6.45) is 2.15. The molecule has 110 valence electrons. The van der Waals surface area contributed by atoms with Crippen molar-refractivity contribution in [2.75, 3.05) is 11.9 Å². The van der Waals surface area contributed by atoms with E-state index in [1.807, 2.05) is 19.1 Å². The number of benzene rings is 1. The van der Waals surface area contributed by atoms with Crippen molar-refractivity contribution in [3.63, 3.8) is 0 Å². The van der Waals surface area contributed by atoms with Gasteiger partial charge in [0.05, 0.1) is 16.8 Å². The smallest absolute Gasteiger partial charge is 0.322 e. The van der Waals surface area contributed by atoms with Crippen LogP contribution < -0.4 is 5.32 Å². The Balaban J connectivity index is 2.08. The molecule has 2 N–H and O–H groups in total. The monoisotopic (exact) mass is 296 g/mol. The number of aliphatic hydroxyl groups is 1. The van der Waals surface area contributed by atoms with Gasteiger partial charge in [-0.2, -0.15) is 0 Å². The predicted molar refractivity (Wildman–Crippen MR) is 81.2 cm³/mol. The molecular formula is C15H21ClN2O2. The van der Waals surface area contributed by atoms with Crippen molar-refractivity contribution in [3.8, 4) is 0 Å². The molecular weight excluding hydrogens is 276 g/mol. The highest BCUT2D eigenvalue weighted by Crippen LogP contribution is 2.27. The van der Waals surface area contributed by atoms with E-state index in [2.05, 4.69) is 5.32 Å². The molecule has 4 nitrogen and oxygen atoms in total. The Morgan fingerprint density at radius 2 is 2.35 bits per heavy atom. The van der Waals surface area contributed by atoms with Crippen molar-refractivity contribution < 1.29 is 9.90 Å². The molecule has 1 aliphatic rings. The van der Waals surface area contributed by atoms with Gasteiger partial charge in [-0.1, -0.05) is 23.7 Å². The molecule has 1 aromatic rings. The maximum absolute atomic E-state index is 12.4. The molecule has 5 heteroatoms. The van der Waals surface area contributed by atoms with Gasteiger partial charge in [0.25, 0.3) is 0 Å². The minimum absolute atomic E-state index is 0.109. The standard InChI is InChI=1S/C15H21ClN2O2/c1-10-5-3-7-13(16)14(10)17-15(20)18-8-4-6-12(18)9-11(2)19/h3,5,7,11-12,19H,4,6,8-9H2,1-2H3,(H,17,20)/t11-,12-/m0/s1. The third-order valence-corrected chi connectivity index (χ3v) is 4.02. The number of aryl methyl sites for hydroxylation is 1. The lowest BCUT2D eigenvalue weighted by Gasteiger charge is -2.26. The molecule has 0 aromatic heterocycles. The number of amides is 2. The number of hydrogen-bond donors (Lipinski definition) is 2. The van der Waals surface area contributed by atoms with E-state index in [1.54, 1.807) is 17.9 Å². The van der Waals surface area contributed by atoms with Gasteiger partial charge in [0.2, 0.25) is 0 Å². The minimum Gasteiger partial charge on any atom is -0.393 e. The fraction of sp³-hybridized carbons (Fsp3) is 0.533. The number of urea groups is 1. The summed E-state index contributed by atoms with van der Waals surface area (Å²) in [5, 5.41) is 13.0. The summed E-state index contributed by atoms with van der Waals surface area (Å²) < 4.78 is 0. The first kappa shape index (κ1) is 15.1. The molecule has 2 amide bonds. The normalized spacial score (nSPS) is 20.0. The first-order valence-electron chi connectivity index (χ1n) is 7.00. The fourth-order valence-corrected chi connectivity index (χ4v) is 2.98. The van der Waals surface area contributed by atoms with Crippen molar-refractivity contribution in [1.29, 1.82) is 0 Å². The Bertz CT molecular complexity index is 471. The van der Waals surface area contributed by atoms with Gasteiger partial charge < -0.3 is 15.3 Å². The van der Waals surface area contributed by atoms with Crippen LogP contribution in [0.4, 0.5) is 10.5 Å². The van der Waals surface area contributed by atoms with Crippen molar-refractivity contribution in [2.24, 2.45) is 0 Å². The highest BCUT2D eigenvalue weighted by molar-refractivity contribution is 6.33. The van der Waals surface area contributed by atoms with E-state index in [1.165, 1.54) is 0 Å². The molecule has 20 heavy (non-hydrogen) atoms. The Morgan fingerprint density at radius 3 is 3.00 bits per heavy atom. The quantitative estimate of drug-likeness (QED) is 0.898. The number of halogens is 1.